The lowest BCUT2D eigenvalue weighted by Gasteiger charge is -2.06. The Balaban J connectivity index is 1.93. The van der Waals surface area contributed by atoms with E-state index in [1.54, 1.807) is 13.2 Å². The molecule has 0 fully saturated rings. The monoisotopic (exact) mass is 276 g/mol. The van der Waals surface area contributed by atoms with E-state index >= 15 is 0 Å². The summed E-state index contributed by atoms with van der Waals surface area (Å²) in [7, 11) is 1.67. The molecule has 1 aromatic heterocycles. The Hall–Kier alpha value is -2.27. The van der Waals surface area contributed by atoms with Crippen LogP contribution in [0.2, 0.25) is 0 Å². The average molecular weight is 276 g/mol. The van der Waals surface area contributed by atoms with E-state index in [9.17, 15) is 4.79 Å². The summed E-state index contributed by atoms with van der Waals surface area (Å²) in [5.41, 5.74) is 1.68. The molecule has 0 aliphatic heterocycles. The van der Waals surface area contributed by atoms with Gasteiger partial charge in [-0.3, -0.25) is 0 Å². The Labute approximate surface area is 116 Å². The Morgan fingerprint density at radius 1 is 1.25 bits per heavy atom. The van der Waals surface area contributed by atoms with E-state index in [2.05, 4.69) is 0 Å². The molecule has 1 aromatic carbocycles. The lowest BCUT2D eigenvalue weighted by molar-refractivity contribution is 0.0658. The van der Waals surface area contributed by atoms with Crippen molar-refractivity contribution in [2.75, 3.05) is 13.7 Å². The number of hydrogen-bond acceptors (Lipinski definition) is 4. The van der Waals surface area contributed by atoms with Crippen LogP contribution in [-0.4, -0.2) is 24.8 Å². The number of rotatable bonds is 7. The minimum Gasteiger partial charge on any atom is -0.489 e. The van der Waals surface area contributed by atoms with Crippen molar-refractivity contribution >= 4 is 5.97 Å². The molecule has 2 aromatic rings. The molecule has 106 valence electrons. The summed E-state index contributed by atoms with van der Waals surface area (Å²) in [5, 5.41) is 8.91. The third-order valence-electron chi connectivity index (χ3n) is 2.85. The van der Waals surface area contributed by atoms with Crippen LogP contribution in [0.5, 0.6) is 5.75 Å². The molecule has 0 saturated carbocycles. The topological polar surface area (TPSA) is 68.9 Å². The van der Waals surface area contributed by atoms with Gasteiger partial charge in [0.15, 0.2) is 0 Å². The van der Waals surface area contributed by atoms with Gasteiger partial charge in [0.05, 0.1) is 12.9 Å². The smallest absolute Gasteiger partial charge is 0.372 e. The van der Waals surface area contributed by atoms with E-state index in [0.717, 1.165) is 12.0 Å². The number of benzene rings is 1. The first-order chi connectivity index (χ1) is 9.70. The predicted molar refractivity (Wildman–Crippen MR) is 72.0 cm³/mol. The molecule has 0 aliphatic carbocycles. The van der Waals surface area contributed by atoms with Crippen molar-refractivity contribution in [2.45, 2.75) is 13.0 Å². The van der Waals surface area contributed by atoms with Gasteiger partial charge in [-0.2, -0.15) is 0 Å². The molecule has 20 heavy (non-hydrogen) atoms. The van der Waals surface area contributed by atoms with Crippen LogP contribution >= 0.6 is 0 Å². The summed E-state index contributed by atoms with van der Waals surface area (Å²) in [6.07, 6.45) is 2.19. The van der Waals surface area contributed by atoms with Gasteiger partial charge in [0.25, 0.3) is 0 Å². The lowest BCUT2D eigenvalue weighted by Crippen LogP contribution is -2.02. The summed E-state index contributed by atoms with van der Waals surface area (Å²) in [4.78, 5) is 10.9. The number of carboxylic acid groups (broad SMARTS) is 1. The first kappa shape index (κ1) is 14.1. The van der Waals surface area contributed by atoms with Crippen molar-refractivity contribution in [1.29, 1.82) is 0 Å². The van der Waals surface area contributed by atoms with Gasteiger partial charge < -0.3 is 19.0 Å². The fourth-order valence-corrected chi connectivity index (χ4v) is 1.77. The van der Waals surface area contributed by atoms with Gasteiger partial charge in [-0.25, -0.2) is 4.79 Å². The molecule has 2 rings (SSSR count). The van der Waals surface area contributed by atoms with Crippen molar-refractivity contribution < 1.29 is 23.8 Å². The third kappa shape index (κ3) is 3.61. The molecule has 0 amide bonds. The van der Waals surface area contributed by atoms with Gasteiger partial charge in [-0.15, -0.1) is 0 Å². The summed E-state index contributed by atoms with van der Waals surface area (Å²) in [6.45, 7) is 0.840. The normalized spacial score (nSPS) is 10.4. The van der Waals surface area contributed by atoms with Crippen LogP contribution in [-0.2, 0) is 17.8 Å². The fourth-order valence-electron chi connectivity index (χ4n) is 1.77. The van der Waals surface area contributed by atoms with Gasteiger partial charge in [-0.05, 0) is 30.2 Å². The van der Waals surface area contributed by atoms with Crippen molar-refractivity contribution in [2.24, 2.45) is 0 Å². The van der Waals surface area contributed by atoms with Gasteiger partial charge in [0.2, 0.25) is 5.76 Å². The molecule has 5 nitrogen and oxygen atoms in total. The number of aromatic carboxylic acids is 1. The number of carbonyl (C=O) groups is 1. The second kappa shape index (κ2) is 6.77. The number of carboxylic acids is 1. The Bertz CT molecular complexity index is 556. The molecular formula is C15H16O5. The lowest BCUT2D eigenvalue weighted by atomic mass is 10.1. The Morgan fingerprint density at radius 2 is 2.00 bits per heavy atom. The largest absolute Gasteiger partial charge is 0.489 e. The van der Waals surface area contributed by atoms with Crippen LogP contribution in [0.25, 0.3) is 0 Å². The molecule has 0 saturated heterocycles. The zero-order valence-electron chi connectivity index (χ0n) is 11.2. The molecule has 0 radical (unpaired) electrons. The Morgan fingerprint density at radius 3 is 2.65 bits per heavy atom. The summed E-state index contributed by atoms with van der Waals surface area (Å²) < 4.78 is 15.4. The van der Waals surface area contributed by atoms with Crippen molar-refractivity contribution in [3.63, 3.8) is 0 Å². The maximum atomic E-state index is 10.9. The first-order valence-electron chi connectivity index (χ1n) is 6.21. The zero-order chi connectivity index (χ0) is 14.4. The highest BCUT2D eigenvalue weighted by molar-refractivity contribution is 5.86. The molecule has 0 bridgehead atoms. The van der Waals surface area contributed by atoms with E-state index in [1.165, 1.54) is 6.26 Å². The standard InChI is InChI=1S/C15H16O5/c1-18-8-6-11-2-4-13(5-3-11)20-10-12-7-9-19-14(12)15(16)17/h2-5,7,9H,6,8,10H2,1H3,(H,16,17). The second-order valence-electron chi connectivity index (χ2n) is 4.26. The Kier molecular flexibility index (Phi) is 4.79. The minimum absolute atomic E-state index is 0.0817. The fraction of sp³-hybridized carbons (Fsp3) is 0.267. The van der Waals surface area contributed by atoms with Crippen molar-refractivity contribution in [3.05, 3.63) is 53.5 Å². The minimum atomic E-state index is -1.09. The van der Waals surface area contributed by atoms with E-state index in [-0.39, 0.29) is 12.4 Å². The highest BCUT2D eigenvalue weighted by Crippen LogP contribution is 2.17. The van der Waals surface area contributed by atoms with Crippen molar-refractivity contribution in [1.82, 2.24) is 0 Å². The van der Waals surface area contributed by atoms with E-state index in [0.29, 0.717) is 17.9 Å². The molecule has 1 N–H and O–H groups in total. The summed E-state index contributed by atoms with van der Waals surface area (Å²) in [5.74, 6) is -0.492. The maximum Gasteiger partial charge on any atom is 0.372 e. The van der Waals surface area contributed by atoms with Gasteiger partial charge in [0.1, 0.15) is 12.4 Å². The molecule has 0 atom stereocenters. The SMILES string of the molecule is COCCc1ccc(OCc2ccoc2C(=O)O)cc1. The number of furan rings is 1. The van der Waals surface area contributed by atoms with Crippen LogP contribution in [0, 0.1) is 0 Å². The van der Waals surface area contributed by atoms with Gasteiger partial charge in [0, 0.05) is 12.7 Å². The second-order valence-corrected chi connectivity index (χ2v) is 4.26. The molecule has 0 spiro atoms. The van der Waals surface area contributed by atoms with Crippen LogP contribution in [0.4, 0.5) is 0 Å². The van der Waals surface area contributed by atoms with Crippen LogP contribution in [0.3, 0.4) is 0 Å². The molecule has 5 heteroatoms. The van der Waals surface area contributed by atoms with Crippen LogP contribution < -0.4 is 4.74 Å². The molecular weight excluding hydrogens is 260 g/mol. The number of methoxy groups -OCH3 is 1. The molecule has 0 unspecified atom stereocenters. The third-order valence-corrected chi connectivity index (χ3v) is 2.85. The summed E-state index contributed by atoms with van der Waals surface area (Å²) >= 11 is 0. The number of hydrogen-bond donors (Lipinski definition) is 1. The van der Waals surface area contributed by atoms with Gasteiger partial charge in [-0.1, -0.05) is 12.1 Å². The predicted octanol–water partition coefficient (Wildman–Crippen LogP) is 2.75. The summed E-state index contributed by atoms with van der Waals surface area (Å²) in [6, 6.07) is 9.22. The van der Waals surface area contributed by atoms with E-state index < -0.39 is 5.97 Å². The van der Waals surface area contributed by atoms with Crippen LogP contribution in [0.1, 0.15) is 21.7 Å². The molecule has 1 heterocycles. The van der Waals surface area contributed by atoms with Crippen molar-refractivity contribution in [3.8, 4) is 5.75 Å². The van der Waals surface area contributed by atoms with E-state index in [1.807, 2.05) is 24.3 Å². The quantitative estimate of drug-likeness (QED) is 0.842. The highest BCUT2D eigenvalue weighted by atomic mass is 16.5. The zero-order valence-corrected chi connectivity index (χ0v) is 11.2. The average Bonchev–Trinajstić information content (AvgIpc) is 2.92. The molecule has 0 aliphatic rings. The van der Waals surface area contributed by atoms with Gasteiger partial charge >= 0.3 is 5.97 Å². The van der Waals surface area contributed by atoms with Crippen LogP contribution in [0.15, 0.2) is 41.0 Å². The van der Waals surface area contributed by atoms with E-state index in [4.69, 9.17) is 19.0 Å². The number of ether oxygens (including phenoxy) is 2. The highest BCUT2D eigenvalue weighted by Gasteiger charge is 2.14. The maximum absolute atomic E-state index is 10.9. The first-order valence-corrected chi connectivity index (χ1v) is 6.21.